The average molecular weight is 193 g/mol. The van der Waals surface area contributed by atoms with Crippen LogP contribution in [0.5, 0.6) is 17.2 Å². The predicted octanol–water partition coefficient (Wildman–Crippen LogP) is 1.61. The number of benzene rings is 1. The maximum atomic E-state index is 8.40. The third-order valence-electron chi connectivity index (χ3n) is 1.66. The second-order valence-electron chi connectivity index (χ2n) is 2.44. The lowest BCUT2D eigenvalue weighted by molar-refractivity contribution is 0.303. The Labute approximate surface area is 82.6 Å². The van der Waals surface area contributed by atoms with Crippen molar-refractivity contribution in [1.82, 2.24) is 0 Å². The zero-order valence-electron chi connectivity index (χ0n) is 8.11. The van der Waals surface area contributed by atoms with Gasteiger partial charge in [-0.05, 0) is 12.1 Å². The van der Waals surface area contributed by atoms with Crippen molar-refractivity contribution in [2.45, 2.75) is 0 Å². The van der Waals surface area contributed by atoms with E-state index in [0.29, 0.717) is 17.2 Å². The van der Waals surface area contributed by atoms with Gasteiger partial charge in [-0.2, -0.15) is 5.26 Å². The third kappa shape index (κ3) is 2.07. The molecule has 0 unspecified atom stereocenters. The summed E-state index contributed by atoms with van der Waals surface area (Å²) in [6, 6.07) is 7.16. The number of methoxy groups -OCH3 is 2. The molecule has 0 radical (unpaired) electrons. The lowest BCUT2D eigenvalue weighted by Gasteiger charge is -2.11. The Balaban J connectivity index is 3.00. The van der Waals surface area contributed by atoms with E-state index >= 15 is 0 Å². The number of hydrogen-bond acceptors (Lipinski definition) is 4. The van der Waals surface area contributed by atoms with E-state index in [-0.39, 0.29) is 6.61 Å². The minimum absolute atomic E-state index is 0.0310. The van der Waals surface area contributed by atoms with Crippen molar-refractivity contribution in [3.63, 3.8) is 0 Å². The molecular weight excluding hydrogens is 182 g/mol. The van der Waals surface area contributed by atoms with Gasteiger partial charge in [0.2, 0.25) is 5.75 Å². The number of nitrogens with zero attached hydrogens (tertiary/aromatic N) is 1. The van der Waals surface area contributed by atoms with E-state index in [1.165, 1.54) is 14.2 Å². The van der Waals surface area contributed by atoms with E-state index in [0.717, 1.165) is 0 Å². The molecule has 14 heavy (non-hydrogen) atoms. The first kappa shape index (κ1) is 10.2. The maximum Gasteiger partial charge on any atom is 0.204 e. The summed E-state index contributed by atoms with van der Waals surface area (Å²) in [5, 5.41) is 8.40. The first-order valence-corrected chi connectivity index (χ1v) is 4.04. The average Bonchev–Trinajstić information content (AvgIpc) is 2.25. The van der Waals surface area contributed by atoms with Crippen LogP contribution < -0.4 is 14.2 Å². The molecule has 0 aliphatic heterocycles. The minimum Gasteiger partial charge on any atom is -0.493 e. The summed E-state index contributed by atoms with van der Waals surface area (Å²) >= 11 is 0. The summed E-state index contributed by atoms with van der Waals surface area (Å²) in [6.07, 6.45) is 0. The molecule has 0 aromatic heterocycles. The molecule has 0 heterocycles. The molecule has 0 atom stereocenters. The van der Waals surface area contributed by atoms with Crippen molar-refractivity contribution in [1.29, 1.82) is 5.26 Å². The van der Waals surface area contributed by atoms with Crippen LogP contribution in [0.1, 0.15) is 0 Å². The number of para-hydroxylation sites is 1. The summed E-state index contributed by atoms with van der Waals surface area (Å²) in [7, 11) is 3.07. The Bertz CT molecular complexity index is 321. The highest BCUT2D eigenvalue weighted by atomic mass is 16.5. The van der Waals surface area contributed by atoms with E-state index in [4.69, 9.17) is 19.5 Å². The van der Waals surface area contributed by atoms with E-state index in [1.54, 1.807) is 18.2 Å². The molecule has 0 fully saturated rings. The lowest BCUT2D eigenvalue weighted by Crippen LogP contribution is -1.99. The number of nitriles is 1. The van der Waals surface area contributed by atoms with Crippen LogP contribution >= 0.6 is 0 Å². The summed E-state index contributed by atoms with van der Waals surface area (Å²) in [5.74, 6) is 1.57. The topological polar surface area (TPSA) is 51.5 Å². The van der Waals surface area contributed by atoms with Gasteiger partial charge in [0.15, 0.2) is 18.1 Å². The molecule has 74 valence electrons. The van der Waals surface area contributed by atoms with Crippen molar-refractivity contribution in [3.8, 4) is 23.3 Å². The van der Waals surface area contributed by atoms with E-state index in [1.807, 2.05) is 6.07 Å². The van der Waals surface area contributed by atoms with Gasteiger partial charge in [0.1, 0.15) is 6.07 Å². The summed E-state index contributed by atoms with van der Waals surface area (Å²) < 4.78 is 15.3. The highest BCUT2D eigenvalue weighted by Crippen LogP contribution is 2.36. The lowest BCUT2D eigenvalue weighted by atomic mass is 10.3. The van der Waals surface area contributed by atoms with Crippen LogP contribution in [0.2, 0.25) is 0 Å². The number of ether oxygens (including phenoxy) is 3. The van der Waals surface area contributed by atoms with Gasteiger partial charge in [-0.3, -0.25) is 0 Å². The Morgan fingerprint density at radius 1 is 1.21 bits per heavy atom. The Kier molecular flexibility index (Phi) is 3.62. The molecule has 0 aliphatic rings. The smallest absolute Gasteiger partial charge is 0.204 e. The fraction of sp³-hybridized carbons (Fsp3) is 0.300. The number of hydrogen-bond donors (Lipinski definition) is 0. The monoisotopic (exact) mass is 193 g/mol. The van der Waals surface area contributed by atoms with Gasteiger partial charge in [-0.15, -0.1) is 0 Å². The van der Waals surface area contributed by atoms with E-state index in [9.17, 15) is 0 Å². The van der Waals surface area contributed by atoms with Gasteiger partial charge < -0.3 is 14.2 Å². The van der Waals surface area contributed by atoms with Gasteiger partial charge in [0.05, 0.1) is 14.2 Å². The standard InChI is InChI=1S/C10H11NO3/c1-12-8-4-3-5-9(13-2)10(8)14-7-6-11/h3-5H,7H2,1-2H3. The van der Waals surface area contributed by atoms with Gasteiger partial charge in [-0.25, -0.2) is 0 Å². The van der Waals surface area contributed by atoms with Crippen LogP contribution in [0.25, 0.3) is 0 Å². The largest absolute Gasteiger partial charge is 0.493 e. The molecule has 0 bridgehead atoms. The van der Waals surface area contributed by atoms with Crippen molar-refractivity contribution in [2.24, 2.45) is 0 Å². The molecule has 1 aromatic carbocycles. The molecule has 4 heteroatoms. The highest BCUT2D eigenvalue weighted by Gasteiger charge is 2.10. The predicted molar refractivity (Wildman–Crippen MR) is 50.7 cm³/mol. The molecule has 1 rings (SSSR count). The first-order valence-electron chi connectivity index (χ1n) is 4.04. The second-order valence-corrected chi connectivity index (χ2v) is 2.44. The Morgan fingerprint density at radius 3 is 2.21 bits per heavy atom. The van der Waals surface area contributed by atoms with Gasteiger partial charge in [0.25, 0.3) is 0 Å². The van der Waals surface area contributed by atoms with Crippen LogP contribution in [-0.4, -0.2) is 20.8 Å². The van der Waals surface area contributed by atoms with Gasteiger partial charge in [0, 0.05) is 0 Å². The Morgan fingerprint density at radius 2 is 1.79 bits per heavy atom. The second kappa shape index (κ2) is 4.97. The van der Waals surface area contributed by atoms with Crippen LogP contribution in [0.15, 0.2) is 18.2 Å². The van der Waals surface area contributed by atoms with Crippen molar-refractivity contribution in [3.05, 3.63) is 18.2 Å². The summed E-state index contributed by atoms with van der Waals surface area (Å²) in [5.41, 5.74) is 0. The fourth-order valence-corrected chi connectivity index (χ4v) is 1.06. The van der Waals surface area contributed by atoms with Gasteiger partial charge in [-0.1, -0.05) is 6.07 Å². The van der Waals surface area contributed by atoms with Crippen molar-refractivity contribution < 1.29 is 14.2 Å². The molecule has 1 aromatic rings. The molecule has 0 spiro atoms. The number of rotatable bonds is 4. The van der Waals surface area contributed by atoms with Crippen molar-refractivity contribution in [2.75, 3.05) is 20.8 Å². The van der Waals surface area contributed by atoms with Crippen LogP contribution in [0, 0.1) is 11.3 Å². The zero-order valence-corrected chi connectivity index (χ0v) is 8.11. The quantitative estimate of drug-likeness (QED) is 0.728. The molecular formula is C10H11NO3. The van der Waals surface area contributed by atoms with Crippen LogP contribution in [-0.2, 0) is 0 Å². The van der Waals surface area contributed by atoms with E-state index in [2.05, 4.69) is 0 Å². The molecule has 0 amide bonds. The normalized spacial score (nSPS) is 8.93. The Hall–Kier alpha value is -1.89. The first-order chi connectivity index (χ1) is 6.83. The summed E-state index contributed by atoms with van der Waals surface area (Å²) in [4.78, 5) is 0. The van der Waals surface area contributed by atoms with E-state index < -0.39 is 0 Å². The molecule has 0 aliphatic carbocycles. The summed E-state index contributed by atoms with van der Waals surface area (Å²) in [6.45, 7) is -0.0310. The van der Waals surface area contributed by atoms with Crippen molar-refractivity contribution >= 4 is 0 Å². The maximum absolute atomic E-state index is 8.40. The zero-order chi connectivity index (χ0) is 10.4. The highest BCUT2D eigenvalue weighted by molar-refractivity contribution is 5.51. The minimum atomic E-state index is -0.0310. The SMILES string of the molecule is COc1cccc(OC)c1OCC#N. The third-order valence-corrected chi connectivity index (χ3v) is 1.66. The molecule has 0 N–H and O–H groups in total. The van der Waals surface area contributed by atoms with Crippen LogP contribution in [0.4, 0.5) is 0 Å². The molecule has 0 saturated carbocycles. The van der Waals surface area contributed by atoms with Gasteiger partial charge >= 0.3 is 0 Å². The fourth-order valence-electron chi connectivity index (χ4n) is 1.06. The van der Waals surface area contributed by atoms with Crippen LogP contribution in [0.3, 0.4) is 0 Å². The molecule has 4 nitrogen and oxygen atoms in total. The molecule has 0 saturated heterocycles.